The highest BCUT2D eigenvalue weighted by molar-refractivity contribution is 6.00. The topological polar surface area (TPSA) is 572 Å². The molecule has 35 nitrogen and oxygen atoms in total. The summed E-state index contributed by atoms with van der Waals surface area (Å²) in [6.07, 6.45) is 4.19. The van der Waals surface area contributed by atoms with Gasteiger partial charge < -0.3 is 111 Å². The molecular formula is C88H107N19O16. The van der Waals surface area contributed by atoms with Crippen molar-refractivity contribution < 1.29 is 78.0 Å². The molecule has 0 bridgehead atoms. The molecule has 12 atom stereocenters. The molecule has 4 aromatic heterocycles. The Morgan fingerprint density at radius 3 is 1.17 bits per heavy atom. The van der Waals surface area contributed by atoms with Crippen LogP contribution in [0.15, 0.2) is 181 Å². The average molecular weight is 1690 g/mol. The van der Waals surface area contributed by atoms with Gasteiger partial charge in [-0.05, 0) is 147 Å². The number of nitrogens with two attached hydrogens (primary N) is 3. The molecule has 4 heterocycles. The van der Waals surface area contributed by atoms with Crippen LogP contribution in [0.4, 0.5) is 11.4 Å². The highest BCUT2D eigenvalue weighted by Crippen LogP contribution is 2.27. The summed E-state index contributed by atoms with van der Waals surface area (Å²) >= 11 is 0. The molecule has 10 amide bonds. The number of aliphatic hydroxyl groups is 3. The first kappa shape index (κ1) is 92.0. The minimum absolute atomic E-state index is 0.0403. The number of carbonyl (C=O) groups excluding carboxylic acids is 11. The van der Waals surface area contributed by atoms with Gasteiger partial charge in [0.2, 0.25) is 59.1 Å². The van der Waals surface area contributed by atoms with Crippen LogP contribution in [0.5, 0.6) is 0 Å². The Kier molecular flexibility index (Phi) is 33.5. The molecule has 0 saturated carbocycles. The standard InChI is InChI=1S/C88H107N19O16/c1-49(109)78(104-84(119)73(100-80(115)64(91)26-12-14-34-89)41-56-46-94-67-29-10-6-24-62(56)67)87(122)102-71(39-54-44-92-65-27-8-4-22-60(54)65)82(117)98-69(31-13-15-35-90)76(112)38-52-18-16-20-58(36-52)106-107-59-21-17-19-53(37-59)43-96-81(116)70(32-33-77(113)114)99-83(118)72(40-55-45-93-66-28-9-5-23-61(55)66)103-88(123)79(50(2)110)105-85(120)74(101-86(121)75(48-108)97-51(3)111)42-57-47-95-68-30-11-7-25-63(57)68/h4-11,16-25,27-30,36-37,44-47,49-50,64,69-75,78-79,92-95,108-110H,12-15,26,31-35,38-43,48,89-91H2,1-3H3,(H,96,116)(H,97,111)(H,98,117)(H,99,118)(H,100,115)(H,101,121)(H,102,122)(H,103,123)(H,104,119)(H,105,120)(H,113,114)/t49-,50-,64+,69+,70+,71+,72+,73+,74+,75+,78+,79+/m1/s1. The number of azo groups is 1. The van der Waals surface area contributed by atoms with E-state index in [0.717, 1.165) is 28.7 Å². The van der Waals surface area contributed by atoms with Crippen molar-refractivity contribution in [3.63, 3.8) is 0 Å². The number of nitrogens with one attached hydrogen (secondary N) is 14. The van der Waals surface area contributed by atoms with E-state index in [4.69, 9.17) is 17.2 Å². The van der Waals surface area contributed by atoms with Crippen LogP contribution in [0.25, 0.3) is 43.6 Å². The summed E-state index contributed by atoms with van der Waals surface area (Å²) in [6, 6.07) is 27.8. The van der Waals surface area contributed by atoms with E-state index in [-0.39, 0.29) is 58.0 Å². The third-order valence-corrected chi connectivity index (χ3v) is 21.1. The van der Waals surface area contributed by atoms with Gasteiger partial charge in [-0.15, -0.1) is 0 Å². The van der Waals surface area contributed by atoms with E-state index in [1.54, 1.807) is 122 Å². The molecule has 10 aromatic rings. The minimum atomic E-state index is -1.81. The third-order valence-electron chi connectivity index (χ3n) is 21.1. The molecule has 0 aliphatic carbocycles. The number of aromatic amines is 4. The quantitative estimate of drug-likeness (QED) is 0.0192. The van der Waals surface area contributed by atoms with E-state index in [1.165, 1.54) is 13.8 Å². The molecule has 0 unspecified atom stereocenters. The van der Waals surface area contributed by atoms with Gasteiger partial charge in [0, 0.05) is 120 Å². The number of H-pyrrole nitrogens is 4. The van der Waals surface area contributed by atoms with E-state index < -0.39 is 163 Å². The van der Waals surface area contributed by atoms with Crippen LogP contribution in [0.2, 0.25) is 0 Å². The first-order chi connectivity index (χ1) is 59.2. The Balaban J connectivity index is 0.809. The number of hydrogen-bond acceptors (Lipinski definition) is 20. The van der Waals surface area contributed by atoms with E-state index in [2.05, 4.69) is 83.3 Å². The molecule has 0 fully saturated rings. The summed E-state index contributed by atoms with van der Waals surface area (Å²) in [6.45, 7) is 3.31. The maximum atomic E-state index is 15.0. The number of fused-ring (bicyclic) bond motifs is 4. The number of benzene rings is 6. The van der Waals surface area contributed by atoms with Crippen molar-refractivity contribution in [2.24, 2.45) is 27.4 Å². The van der Waals surface area contributed by atoms with Gasteiger partial charge in [0.25, 0.3) is 0 Å². The number of unbranched alkanes of at least 4 members (excludes halogenated alkanes) is 2. The number of ketones is 1. The summed E-state index contributed by atoms with van der Waals surface area (Å²) < 4.78 is 0. The maximum absolute atomic E-state index is 15.0. The molecule has 24 N–H and O–H groups in total. The highest BCUT2D eigenvalue weighted by atomic mass is 16.4. The number of hydrogen-bond donors (Lipinski definition) is 21. The molecule has 35 heteroatoms. The van der Waals surface area contributed by atoms with Crippen molar-refractivity contribution in [3.8, 4) is 0 Å². The zero-order chi connectivity index (χ0) is 88.2. The minimum Gasteiger partial charge on any atom is -0.481 e. The summed E-state index contributed by atoms with van der Waals surface area (Å²) in [7, 11) is 0. The summed E-state index contributed by atoms with van der Waals surface area (Å²) in [5.74, 6) is -10.2. The molecule has 0 spiro atoms. The van der Waals surface area contributed by atoms with Crippen LogP contribution >= 0.6 is 0 Å². The van der Waals surface area contributed by atoms with Crippen LogP contribution in [0, 0.1) is 0 Å². The lowest BCUT2D eigenvalue weighted by atomic mass is 9.97. The number of nitrogens with zero attached hydrogens (tertiary/aromatic N) is 2. The van der Waals surface area contributed by atoms with Crippen LogP contribution in [-0.2, 0) is 96.2 Å². The molecule has 0 saturated heterocycles. The van der Waals surface area contributed by atoms with Crippen LogP contribution in [0.1, 0.15) is 106 Å². The SMILES string of the molecule is CC(=O)N[C@@H](CO)C(=O)N[C@@H](Cc1c[nH]c2ccccc12)C(=O)N[C@H](C(=O)N[C@@H](Cc1c[nH]c2ccccc12)C(=O)N[C@@H](CCC(=O)O)C(=O)NCc1cccc(N=Nc2cccc(CC(=O)[C@H](CCCCN)NC(=O)[C@H](Cc3c[nH]c4ccccc34)NC(=O)[C@@H](NC(=O)[C@H](Cc3c[nH]c4ccccc34)NC(=O)[C@@H](N)CCCCN)[C@@H](C)O)c2)c1)[C@@H](C)O. The number of Topliss-reactive ketones (excluding diaryl/α,β-unsaturated/α-hetero) is 1. The maximum Gasteiger partial charge on any atom is 0.303 e. The van der Waals surface area contributed by atoms with Crippen LogP contribution in [-0.4, -0.2) is 204 Å². The number of amides is 10. The first-order valence-corrected chi connectivity index (χ1v) is 40.8. The van der Waals surface area contributed by atoms with Crippen molar-refractivity contribution in [1.29, 1.82) is 0 Å². The largest absolute Gasteiger partial charge is 0.481 e. The monoisotopic (exact) mass is 1690 g/mol. The highest BCUT2D eigenvalue weighted by Gasteiger charge is 2.38. The second-order valence-corrected chi connectivity index (χ2v) is 30.5. The van der Waals surface area contributed by atoms with Gasteiger partial charge in [-0.25, -0.2) is 0 Å². The van der Waals surface area contributed by atoms with Crippen molar-refractivity contribution in [2.75, 3.05) is 19.7 Å². The number of carboxylic acid groups (broad SMARTS) is 1. The fourth-order valence-electron chi connectivity index (χ4n) is 14.5. The number of para-hydroxylation sites is 4. The lowest BCUT2D eigenvalue weighted by molar-refractivity contribution is -0.138. The van der Waals surface area contributed by atoms with Crippen LogP contribution in [0.3, 0.4) is 0 Å². The summed E-state index contributed by atoms with van der Waals surface area (Å²) in [4.78, 5) is 181. The van der Waals surface area contributed by atoms with Crippen LogP contribution < -0.4 is 70.4 Å². The van der Waals surface area contributed by atoms with Crippen molar-refractivity contribution >= 4 is 126 Å². The number of rotatable bonds is 47. The van der Waals surface area contributed by atoms with Crippen molar-refractivity contribution in [2.45, 2.75) is 183 Å². The van der Waals surface area contributed by atoms with E-state index >= 15 is 0 Å². The number of aliphatic hydroxyl groups excluding tert-OH is 3. The normalized spacial score (nSPS) is 14.4. The summed E-state index contributed by atoms with van der Waals surface area (Å²) in [5.41, 5.74) is 24.8. The molecular weight excluding hydrogens is 1580 g/mol. The van der Waals surface area contributed by atoms with Gasteiger partial charge in [0.1, 0.15) is 48.3 Å². The second kappa shape index (κ2) is 44.8. The molecule has 10 rings (SSSR count). The lowest BCUT2D eigenvalue weighted by Gasteiger charge is -2.28. The van der Waals surface area contributed by atoms with Gasteiger partial charge >= 0.3 is 5.97 Å². The molecule has 6 aromatic carbocycles. The van der Waals surface area contributed by atoms with E-state index in [0.29, 0.717) is 98.8 Å². The van der Waals surface area contributed by atoms with Crippen molar-refractivity contribution in [3.05, 3.63) is 204 Å². The Hall–Kier alpha value is -13.3. The fraction of sp³-hybridized carbons (Fsp3) is 0.364. The summed E-state index contributed by atoms with van der Waals surface area (Å²) in [5, 5.41) is 80.6. The van der Waals surface area contributed by atoms with Gasteiger partial charge in [-0.1, -0.05) is 103 Å². The zero-order valence-electron chi connectivity index (χ0n) is 68.4. The van der Waals surface area contributed by atoms with E-state index in [9.17, 15) is 78.0 Å². The van der Waals surface area contributed by atoms with Crippen molar-refractivity contribution in [1.82, 2.24) is 73.1 Å². The van der Waals surface area contributed by atoms with E-state index in [1.807, 2.05) is 48.5 Å². The molecule has 0 radical (unpaired) electrons. The Labute approximate surface area is 707 Å². The third kappa shape index (κ3) is 26.1. The molecule has 0 aliphatic rings. The second-order valence-electron chi connectivity index (χ2n) is 30.5. The van der Waals surface area contributed by atoms with Gasteiger partial charge in [0.05, 0.1) is 42.3 Å². The fourth-order valence-corrected chi connectivity index (χ4v) is 14.5. The number of carboxylic acids is 1. The number of aromatic nitrogens is 4. The van der Waals surface area contributed by atoms with Gasteiger partial charge in [-0.2, -0.15) is 10.2 Å². The molecule has 0 aliphatic heterocycles. The zero-order valence-corrected chi connectivity index (χ0v) is 68.4. The van der Waals surface area contributed by atoms with Gasteiger partial charge in [0.15, 0.2) is 5.78 Å². The predicted molar refractivity (Wildman–Crippen MR) is 460 cm³/mol. The Bertz CT molecular complexity index is 5400. The average Bonchev–Trinajstić information content (AvgIpc) is 1.71. The first-order valence-electron chi connectivity index (χ1n) is 40.8. The number of aliphatic carboxylic acids is 1. The van der Waals surface area contributed by atoms with Gasteiger partial charge in [-0.3, -0.25) is 57.5 Å². The lowest BCUT2D eigenvalue weighted by Crippen LogP contribution is -2.62. The Morgan fingerprint density at radius 2 is 0.764 bits per heavy atom. The number of carbonyl (C=O) groups is 12. The molecule has 123 heavy (non-hydrogen) atoms. The Morgan fingerprint density at radius 1 is 0.398 bits per heavy atom. The smallest absolute Gasteiger partial charge is 0.303 e. The predicted octanol–water partition coefficient (Wildman–Crippen LogP) is 3.31. The molecule has 650 valence electrons.